The van der Waals surface area contributed by atoms with E-state index in [-0.39, 0.29) is 5.91 Å². The predicted molar refractivity (Wildman–Crippen MR) is 112 cm³/mol. The van der Waals surface area contributed by atoms with Crippen molar-refractivity contribution >= 4 is 22.9 Å². The number of benzene rings is 1. The van der Waals surface area contributed by atoms with Crippen molar-refractivity contribution in [2.24, 2.45) is 5.92 Å². The van der Waals surface area contributed by atoms with Crippen molar-refractivity contribution in [2.45, 2.75) is 39.7 Å². The first-order valence-electron chi connectivity index (χ1n) is 10.2. The topological polar surface area (TPSA) is 88.8 Å². The van der Waals surface area contributed by atoms with Crippen molar-refractivity contribution in [1.29, 1.82) is 0 Å². The van der Waals surface area contributed by atoms with Gasteiger partial charge in [-0.25, -0.2) is 9.97 Å². The Morgan fingerprint density at radius 3 is 2.28 bits per heavy atom. The van der Waals surface area contributed by atoms with Crippen LogP contribution in [-0.4, -0.2) is 50.5 Å². The number of piperidine rings is 1. The molecule has 1 saturated heterocycles. The Balaban J connectivity index is 1.29. The summed E-state index contributed by atoms with van der Waals surface area (Å²) in [4.78, 5) is 25.4. The molecule has 1 aliphatic heterocycles. The van der Waals surface area contributed by atoms with E-state index in [9.17, 15) is 4.79 Å². The Kier molecular flexibility index (Phi) is 5.42. The Morgan fingerprint density at radius 1 is 1.10 bits per heavy atom. The molecule has 152 valence electrons. The second-order valence-electron chi connectivity index (χ2n) is 7.81. The molecule has 3 aromatic rings. The van der Waals surface area contributed by atoms with Crippen molar-refractivity contribution < 1.29 is 4.79 Å². The number of rotatable bonds is 5. The number of hydrogen-bond acceptors (Lipinski definition) is 6. The summed E-state index contributed by atoms with van der Waals surface area (Å²) in [5.74, 6) is 1.22. The maximum absolute atomic E-state index is 12.6. The van der Waals surface area contributed by atoms with E-state index in [1.165, 1.54) is 4.80 Å². The zero-order chi connectivity index (χ0) is 20.4. The first kappa shape index (κ1) is 19.3. The fraction of sp³-hybridized carbons (Fsp3) is 0.476. The van der Waals surface area contributed by atoms with Crippen LogP contribution in [0.2, 0.25) is 0 Å². The average molecular weight is 393 g/mol. The minimum absolute atomic E-state index is 0.0506. The van der Waals surface area contributed by atoms with Gasteiger partial charge in [-0.05, 0) is 57.7 Å². The largest absolute Gasteiger partial charge is 0.354 e. The smallest absolute Gasteiger partial charge is 0.246 e. The second-order valence-corrected chi connectivity index (χ2v) is 7.81. The number of amides is 1. The van der Waals surface area contributed by atoms with E-state index in [2.05, 4.69) is 30.4 Å². The molecular formula is C21H27N7O. The SMILES string of the molecule is Cc1cc(C)nc(N2CCC(CNC(=O)[C@H](C)n3nc4ccccc4n3)CC2)n1. The highest BCUT2D eigenvalue weighted by Gasteiger charge is 2.23. The molecule has 0 radical (unpaired) electrons. The molecule has 1 atom stereocenters. The highest BCUT2D eigenvalue weighted by atomic mass is 16.2. The first-order valence-corrected chi connectivity index (χ1v) is 10.2. The summed E-state index contributed by atoms with van der Waals surface area (Å²) in [5.41, 5.74) is 3.59. The number of hydrogen-bond donors (Lipinski definition) is 1. The third-order valence-electron chi connectivity index (χ3n) is 5.46. The number of nitrogens with one attached hydrogen (secondary N) is 1. The van der Waals surface area contributed by atoms with E-state index in [1.54, 1.807) is 0 Å². The van der Waals surface area contributed by atoms with E-state index in [4.69, 9.17) is 0 Å². The van der Waals surface area contributed by atoms with Gasteiger partial charge in [-0.2, -0.15) is 15.0 Å². The standard InChI is InChI=1S/C21H27N7O/c1-14-12-15(2)24-21(23-14)27-10-8-17(9-11-27)13-22-20(29)16(3)28-25-18-6-4-5-7-19(18)26-28/h4-7,12,16-17H,8-11,13H2,1-3H3,(H,22,29)/t16-/m0/s1. The summed E-state index contributed by atoms with van der Waals surface area (Å²) in [6.45, 7) is 8.31. The van der Waals surface area contributed by atoms with E-state index < -0.39 is 6.04 Å². The molecule has 0 spiro atoms. The van der Waals surface area contributed by atoms with Crippen LogP contribution in [0.1, 0.15) is 37.2 Å². The van der Waals surface area contributed by atoms with Crippen molar-refractivity contribution in [1.82, 2.24) is 30.3 Å². The third kappa shape index (κ3) is 4.36. The van der Waals surface area contributed by atoms with Gasteiger partial charge in [0.15, 0.2) is 0 Å². The molecule has 3 heterocycles. The predicted octanol–water partition coefficient (Wildman–Crippen LogP) is 2.43. The molecule has 1 amide bonds. The van der Waals surface area contributed by atoms with Crippen LogP contribution in [0.3, 0.4) is 0 Å². The number of aryl methyl sites for hydroxylation is 2. The molecule has 0 unspecified atom stereocenters. The molecule has 8 heteroatoms. The molecule has 1 aliphatic rings. The molecule has 8 nitrogen and oxygen atoms in total. The number of aromatic nitrogens is 5. The lowest BCUT2D eigenvalue weighted by Crippen LogP contribution is -2.41. The summed E-state index contributed by atoms with van der Waals surface area (Å²) in [6.07, 6.45) is 2.02. The minimum atomic E-state index is -0.439. The van der Waals surface area contributed by atoms with Crippen LogP contribution >= 0.6 is 0 Å². The van der Waals surface area contributed by atoms with Gasteiger partial charge in [0.2, 0.25) is 11.9 Å². The van der Waals surface area contributed by atoms with Crippen molar-refractivity contribution in [2.75, 3.05) is 24.5 Å². The van der Waals surface area contributed by atoms with Crippen LogP contribution in [0.4, 0.5) is 5.95 Å². The fourth-order valence-corrected chi connectivity index (χ4v) is 3.73. The van der Waals surface area contributed by atoms with E-state index in [0.717, 1.165) is 54.3 Å². The molecule has 1 fully saturated rings. The van der Waals surface area contributed by atoms with Crippen LogP contribution in [0, 0.1) is 19.8 Å². The van der Waals surface area contributed by atoms with Crippen LogP contribution in [0.15, 0.2) is 30.3 Å². The second kappa shape index (κ2) is 8.14. The lowest BCUT2D eigenvalue weighted by molar-refractivity contribution is -0.124. The number of fused-ring (bicyclic) bond motifs is 1. The lowest BCUT2D eigenvalue weighted by Gasteiger charge is -2.32. The summed E-state index contributed by atoms with van der Waals surface area (Å²) < 4.78 is 0. The molecule has 2 aromatic heterocycles. The number of nitrogens with zero attached hydrogens (tertiary/aromatic N) is 6. The van der Waals surface area contributed by atoms with Crippen LogP contribution in [0.25, 0.3) is 11.0 Å². The summed E-state index contributed by atoms with van der Waals surface area (Å²) in [6, 6.07) is 9.19. The van der Waals surface area contributed by atoms with Gasteiger partial charge in [0.1, 0.15) is 17.1 Å². The van der Waals surface area contributed by atoms with Gasteiger partial charge in [0, 0.05) is 31.0 Å². The van der Waals surface area contributed by atoms with Gasteiger partial charge < -0.3 is 10.2 Å². The zero-order valence-electron chi connectivity index (χ0n) is 17.2. The highest BCUT2D eigenvalue weighted by molar-refractivity contribution is 5.80. The summed E-state index contributed by atoms with van der Waals surface area (Å²) in [5, 5.41) is 11.9. The Bertz CT molecular complexity index is 954. The molecular weight excluding hydrogens is 366 g/mol. The van der Waals surface area contributed by atoms with E-state index in [1.807, 2.05) is 51.1 Å². The molecule has 29 heavy (non-hydrogen) atoms. The van der Waals surface area contributed by atoms with Gasteiger partial charge in [0.05, 0.1) is 0 Å². The summed E-state index contributed by atoms with van der Waals surface area (Å²) >= 11 is 0. The lowest BCUT2D eigenvalue weighted by atomic mass is 9.97. The number of anilines is 1. The van der Waals surface area contributed by atoms with Gasteiger partial charge in [-0.1, -0.05) is 12.1 Å². The monoisotopic (exact) mass is 393 g/mol. The van der Waals surface area contributed by atoms with Crippen LogP contribution < -0.4 is 10.2 Å². The average Bonchev–Trinajstić information content (AvgIpc) is 3.15. The van der Waals surface area contributed by atoms with Gasteiger partial charge in [-0.3, -0.25) is 4.79 Å². The van der Waals surface area contributed by atoms with Gasteiger partial charge >= 0.3 is 0 Å². The summed E-state index contributed by atoms with van der Waals surface area (Å²) in [7, 11) is 0. The molecule has 1 aromatic carbocycles. The minimum Gasteiger partial charge on any atom is -0.354 e. The van der Waals surface area contributed by atoms with Gasteiger partial charge in [-0.15, -0.1) is 0 Å². The zero-order valence-corrected chi connectivity index (χ0v) is 17.2. The quantitative estimate of drug-likeness (QED) is 0.716. The maximum Gasteiger partial charge on any atom is 0.246 e. The Labute approximate surface area is 170 Å². The van der Waals surface area contributed by atoms with Crippen LogP contribution in [0.5, 0.6) is 0 Å². The number of carbonyl (C=O) groups excluding carboxylic acids is 1. The third-order valence-corrected chi connectivity index (χ3v) is 5.46. The van der Waals surface area contributed by atoms with Crippen molar-refractivity contribution in [3.05, 3.63) is 41.7 Å². The van der Waals surface area contributed by atoms with Crippen molar-refractivity contribution in [3.63, 3.8) is 0 Å². The van der Waals surface area contributed by atoms with E-state index >= 15 is 0 Å². The molecule has 4 rings (SSSR count). The van der Waals surface area contributed by atoms with Crippen molar-refractivity contribution in [3.8, 4) is 0 Å². The first-order chi connectivity index (χ1) is 14.0. The normalized spacial score (nSPS) is 16.2. The molecule has 0 bridgehead atoms. The number of carbonyl (C=O) groups is 1. The Morgan fingerprint density at radius 2 is 1.69 bits per heavy atom. The Hall–Kier alpha value is -3.03. The maximum atomic E-state index is 12.6. The van der Waals surface area contributed by atoms with Gasteiger partial charge in [0.25, 0.3) is 0 Å². The molecule has 1 N–H and O–H groups in total. The van der Waals surface area contributed by atoms with E-state index in [0.29, 0.717) is 12.5 Å². The fourth-order valence-electron chi connectivity index (χ4n) is 3.73. The molecule has 0 aliphatic carbocycles. The van der Waals surface area contributed by atoms with Crippen LogP contribution in [-0.2, 0) is 4.79 Å². The molecule has 0 saturated carbocycles. The highest BCUT2D eigenvalue weighted by Crippen LogP contribution is 2.21.